The second kappa shape index (κ2) is 6.68. The van der Waals surface area contributed by atoms with Crippen molar-refractivity contribution in [1.82, 2.24) is 4.90 Å². The number of hydrogen-bond acceptors (Lipinski definition) is 3. The quantitative estimate of drug-likeness (QED) is 0.825. The van der Waals surface area contributed by atoms with Gasteiger partial charge >= 0.3 is 0 Å². The Balaban J connectivity index is 1.31. The van der Waals surface area contributed by atoms with Crippen molar-refractivity contribution in [3.63, 3.8) is 0 Å². The van der Waals surface area contributed by atoms with Crippen LogP contribution in [-0.4, -0.2) is 41.1 Å². The van der Waals surface area contributed by atoms with Crippen LogP contribution in [0.1, 0.15) is 46.8 Å². The van der Waals surface area contributed by atoms with E-state index in [1.807, 2.05) is 18.2 Å². The standard InChI is InChI=1S/C25H30N2O2/c1-2-25(20-10-6-5-9-19(20)23(26)28)21-14-27(15-22(21)25)16-24(29)12-11-17-7-3-4-8-18(17)13-24/h3-10,21-22,29H,2,11-16H2,1H3,(H2,26,28). The van der Waals surface area contributed by atoms with Crippen molar-refractivity contribution in [2.24, 2.45) is 17.6 Å². The molecular formula is C25H30N2O2. The first-order chi connectivity index (χ1) is 14.0. The zero-order valence-electron chi connectivity index (χ0n) is 17.1. The van der Waals surface area contributed by atoms with Crippen LogP contribution in [0.15, 0.2) is 48.5 Å². The minimum atomic E-state index is -0.634. The van der Waals surface area contributed by atoms with Gasteiger partial charge in [-0.05, 0) is 53.9 Å². The molecule has 0 aromatic heterocycles. The summed E-state index contributed by atoms with van der Waals surface area (Å²) in [5.74, 6) is 0.769. The van der Waals surface area contributed by atoms with Gasteiger partial charge in [0.05, 0.1) is 5.60 Å². The number of β-amino-alcohol motifs (C(OH)–C–C–N with tert-alkyl or cyclic N) is 1. The molecule has 4 nitrogen and oxygen atoms in total. The first-order valence-corrected chi connectivity index (χ1v) is 10.9. The maximum atomic E-state index is 12.0. The number of amides is 1. The van der Waals surface area contributed by atoms with Crippen molar-refractivity contribution in [3.8, 4) is 0 Å². The van der Waals surface area contributed by atoms with Crippen LogP contribution in [0.4, 0.5) is 0 Å². The number of aryl methyl sites for hydroxylation is 1. The predicted octanol–water partition coefficient (Wildman–Crippen LogP) is 2.91. The van der Waals surface area contributed by atoms with Crippen LogP contribution in [0, 0.1) is 11.8 Å². The van der Waals surface area contributed by atoms with Crippen LogP contribution in [0.3, 0.4) is 0 Å². The molecule has 1 amide bonds. The molecule has 1 heterocycles. The molecule has 1 saturated heterocycles. The highest BCUT2D eigenvalue weighted by Crippen LogP contribution is 2.66. The number of rotatable bonds is 5. The molecule has 1 aliphatic heterocycles. The van der Waals surface area contributed by atoms with E-state index in [1.165, 1.54) is 11.1 Å². The molecule has 0 spiro atoms. The predicted molar refractivity (Wildman–Crippen MR) is 114 cm³/mol. The number of primary amides is 1. The summed E-state index contributed by atoms with van der Waals surface area (Å²) >= 11 is 0. The van der Waals surface area contributed by atoms with Crippen molar-refractivity contribution in [3.05, 3.63) is 70.8 Å². The van der Waals surface area contributed by atoms with Crippen LogP contribution < -0.4 is 5.73 Å². The number of hydrogen-bond donors (Lipinski definition) is 2. The van der Waals surface area contributed by atoms with E-state index >= 15 is 0 Å². The van der Waals surface area contributed by atoms with Gasteiger partial charge < -0.3 is 10.8 Å². The number of nitrogens with two attached hydrogens (primary N) is 1. The third kappa shape index (κ3) is 2.92. The molecule has 0 radical (unpaired) electrons. The fourth-order valence-corrected chi connectivity index (χ4v) is 6.50. The molecule has 2 aliphatic carbocycles. The van der Waals surface area contributed by atoms with Gasteiger partial charge in [-0.25, -0.2) is 0 Å². The molecule has 3 N–H and O–H groups in total. The molecule has 4 heteroatoms. The molecule has 1 saturated carbocycles. The minimum Gasteiger partial charge on any atom is -0.388 e. The fraction of sp³-hybridized carbons (Fsp3) is 0.480. The van der Waals surface area contributed by atoms with E-state index in [-0.39, 0.29) is 11.3 Å². The van der Waals surface area contributed by atoms with Gasteiger partial charge in [-0.1, -0.05) is 49.4 Å². The zero-order valence-corrected chi connectivity index (χ0v) is 17.1. The number of aliphatic hydroxyl groups is 1. The van der Waals surface area contributed by atoms with Crippen molar-refractivity contribution in [2.45, 2.75) is 43.6 Å². The Labute approximate surface area is 172 Å². The highest BCUT2D eigenvalue weighted by Gasteiger charge is 2.68. The summed E-state index contributed by atoms with van der Waals surface area (Å²) in [6.45, 7) is 4.96. The van der Waals surface area contributed by atoms with Crippen LogP contribution in [-0.2, 0) is 18.3 Å². The lowest BCUT2D eigenvalue weighted by Gasteiger charge is -2.38. The topological polar surface area (TPSA) is 66.6 Å². The molecule has 3 atom stereocenters. The third-order valence-corrected chi connectivity index (χ3v) is 7.90. The van der Waals surface area contributed by atoms with Crippen LogP contribution in [0.2, 0.25) is 0 Å². The van der Waals surface area contributed by atoms with Gasteiger partial charge in [-0.2, -0.15) is 0 Å². The van der Waals surface area contributed by atoms with Gasteiger partial charge in [-0.15, -0.1) is 0 Å². The summed E-state index contributed by atoms with van der Waals surface area (Å²) in [5, 5.41) is 11.3. The fourth-order valence-electron chi connectivity index (χ4n) is 6.50. The average Bonchev–Trinajstić information content (AvgIpc) is 3.10. The lowest BCUT2D eigenvalue weighted by molar-refractivity contribution is -0.00666. The molecule has 3 aliphatic rings. The Hall–Kier alpha value is -2.17. The Morgan fingerprint density at radius 3 is 2.45 bits per heavy atom. The molecular weight excluding hydrogens is 360 g/mol. The summed E-state index contributed by atoms with van der Waals surface area (Å²) in [7, 11) is 0. The Kier molecular flexibility index (Phi) is 4.34. The largest absolute Gasteiger partial charge is 0.388 e. The SMILES string of the molecule is CCC1(c2ccccc2C(N)=O)C2CN(CC3(O)CCc4ccccc4C3)CC21. The second-order valence-corrected chi connectivity index (χ2v) is 9.38. The first kappa shape index (κ1) is 18.8. The normalized spacial score (nSPS) is 33.2. The number of benzene rings is 2. The van der Waals surface area contributed by atoms with E-state index in [0.29, 0.717) is 17.4 Å². The molecule has 2 aromatic carbocycles. The minimum absolute atomic E-state index is 0.0733. The average molecular weight is 391 g/mol. The van der Waals surface area contributed by atoms with E-state index in [1.54, 1.807) is 0 Å². The maximum absolute atomic E-state index is 12.0. The lowest BCUT2D eigenvalue weighted by Crippen LogP contribution is -2.47. The number of nitrogens with zero attached hydrogens (tertiary/aromatic N) is 1. The molecule has 2 fully saturated rings. The maximum Gasteiger partial charge on any atom is 0.248 e. The van der Waals surface area contributed by atoms with Crippen molar-refractivity contribution >= 4 is 5.91 Å². The first-order valence-electron chi connectivity index (χ1n) is 10.9. The second-order valence-electron chi connectivity index (χ2n) is 9.38. The molecule has 152 valence electrons. The number of fused-ring (bicyclic) bond motifs is 2. The summed E-state index contributed by atoms with van der Waals surface area (Å²) in [5.41, 5.74) is 9.60. The zero-order chi connectivity index (χ0) is 20.2. The Morgan fingerprint density at radius 2 is 1.76 bits per heavy atom. The van der Waals surface area contributed by atoms with E-state index in [2.05, 4.69) is 42.2 Å². The molecule has 5 rings (SSSR count). The third-order valence-electron chi connectivity index (χ3n) is 7.90. The number of likely N-dealkylation sites (tertiary alicyclic amines) is 1. The van der Waals surface area contributed by atoms with Crippen LogP contribution >= 0.6 is 0 Å². The van der Waals surface area contributed by atoms with Crippen molar-refractivity contribution in [2.75, 3.05) is 19.6 Å². The van der Waals surface area contributed by atoms with Gasteiger partial charge in [0.1, 0.15) is 0 Å². The Bertz CT molecular complexity index is 943. The van der Waals surface area contributed by atoms with Crippen LogP contribution in [0.5, 0.6) is 0 Å². The summed E-state index contributed by atoms with van der Waals surface area (Å²) in [6, 6.07) is 16.4. The van der Waals surface area contributed by atoms with E-state index < -0.39 is 5.60 Å². The lowest BCUT2D eigenvalue weighted by atomic mass is 9.79. The summed E-state index contributed by atoms with van der Waals surface area (Å²) in [6.07, 6.45) is 3.56. The van der Waals surface area contributed by atoms with Crippen molar-refractivity contribution < 1.29 is 9.90 Å². The molecule has 29 heavy (non-hydrogen) atoms. The monoisotopic (exact) mass is 390 g/mol. The molecule has 0 bridgehead atoms. The summed E-state index contributed by atoms with van der Waals surface area (Å²) in [4.78, 5) is 14.4. The molecule has 3 unspecified atom stereocenters. The van der Waals surface area contributed by atoms with Gasteiger partial charge in [0, 0.05) is 37.0 Å². The van der Waals surface area contributed by atoms with E-state index in [4.69, 9.17) is 5.73 Å². The highest BCUT2D eigenvalue weighted by molar-refractivity contribution is 5.95. The summed E-state index contributed by atoms with van der Waals surface area (Å²) < 4.78 is 0. The van der Waals surface area contributed by atoms with Gasteiger partial charge in [0.25, 0.3) is 0 Å². The Morgan fingerprint density at radius 1 is 1.10 bits per heavy atom. The van der Waals surface area contributed by atoms with Gasteiger partial charge in [-0.3, -0.25) is 9.69 Å². The smallest absolute Gasteiger partial charge is 0.248 e. The molecule has 2 aromatic rings. The number of piperidine rings is 1. The van der Waals surface area contributed by atoms with Crippen molar-refractivity contribution in [1.29, 1.82) is 0 Å². The van der Waals surface area contributed by atoms with Crippen LogP contribution in [0.25, 0.3) is 0 Å². The van der Waals surface area contributed by atoms with Gasteiger partial charge in [0.15, 0.2) is 0 Å². The van der Waals surface area contributed by atoms with E-state index in [9.17, 15) is 9.90 Å². The number of carbonyl (C=O) groups excluding carboxylic acids is 1. The van der Waals surface area contributed by atoms with E-state index in [0.717, 1.165) is 50.9 Å². The number of carbonyl (C=O) groups is 1. The highest BCUT2D eigenvalue weighted by atomic mass is 16.3. The van der Waals surface area contributed by atoms with Gasteiger partial charge in [0.2, 0.25) is 5.91 Å².